The first-order valence-corrected chi connectivity index (χ1v) is 11.9. The summed E-state index contributed by atoms with van der Waals surface area (Å²) in [5.41, 5.74) is 2.49. The second-order valence-corrected chi connectivity index (χ2v) is 9.02. The molecule has 0 spiro atoms. The first-order valence-electron chi connectivity index (χ1n) is 11.9. The SMILES string of the molecule is CC(=O)O[C@@H](C(=O)Nc1ccc(-c2noc(=O)[nH]2)cc1)[C@H]1OCCN(c2ccc(C)c(C(=O)N(C)C)c2)C1=O. The largest absolute Gasteiger partial charge is 0.449 e. The van der Waals surface area contributed by atoms with Crippen molar-refractivity contribution in [2.45, 2.75) is 26.1 Å². The number of aryl methyl sites for hydroxylation is 1. The van der Waals surface area contributed by atoms with E-state index < -0.39 is 35.7 Å². The standard InChI is InChI=1S/C26H27N5O8/c1-14-5-10-18(13-19(14)24(34)30(3)4)31-11-12-37-21(25(31)35)20(38-15(2)32)23(33)27-17-8-6-16(7-9-17)22-28-26(36)39-29-22/h5-10,13,20-21H,11-12H2,1-4H3,(H,27,33)(H,28,29,36)/t20-,21-/m1/s1. The van der Waals surface area contributed by atoms with Crippen LogP contribution in [0.25, 0.3) is 11.4 Å². The van der Waals surface area contributed by atoms with Gasteiger partial charge in [0.1, 0.15) is 0 Å². The molecule has 13 nitrogen and oxygen atoms in total. The minimum Gasteiger partial charge on any atom is -0.449 e. The Hall–Kier alpha value is -4.78. The molecule has 2 heterocycles. The molecule has 3 aromatic rings. The Morgan fingerprint density at radius 3 is 2.49 bits per heavy atom. The maximum Gasteiger partial charge on any atom is 0.439 e. The van der Waals surface area contributed by atoms with Gasteiger partial charge >= 0.3 is 11.7 Å². The van der Waals surface area contributed by atoms with Crippen LogP contribution in [0.1, 0.15) is 22.8 Å². The molecule has 3 amide bonds. The molecule has 1 aliphatic rings. The van der Waals surface area contributed by atoms with Crippen LogP contribution in [0, 0.1) is 6.92 Å². The summed E-state index contributed by atoms with van der Waals surface area (Å²) in [5.74, 6) is -2.86. The number of carbonyl (C=O) groups excluding carboxylic acids is 4. The van der Waals surface area contributed by atoms with E-state index in [1.807, 2.05) is 0 Å². The molecule has 39 heavy (non-hydrogen) atoms. The van der Waals surface area contributed by atoms with Gasteiger partial charge in [-0.1, -0.05) is 11.2 Å². The number of amides is 3. The van der Waals surface area contributed by atoms with Crippen molar-refractivity contribution in [3.8, 4) is 11.4 Å². The summed E-state index contributed by atoms with van der Waals surface area (Å²) >= 11 is 0. The number of anilines is 2. The average molecular weight is 538 g/mol. The van der Waals surface area contributed by atoms with Crippen molar-refractivity contribution in [3.63, 3.8) is 0 Å². The summed E-state index contributed by atoms with van der Waals surface area (Å²) in [4.78, 5) is 67.6. The van der Waals surface area contributed by atoms with Gasteiger partial charge in [-0.25, -0.2) is 4.79 Å². The van der Waals surface area contributed by atoms with Gasteiger partial charge in [0.25, 0.3) is 17.7 Å². The van der Waals surface area contributed by atoms with E-state index in [1.165, 1.54) is 21.9 Å². The molecule has 204 valence electrons. The number of carbonyl (C=O) groups is 4. The van der Waals surface area contributed by atoms with Gasteiger partial charge in [-0.05, 0) is 48.9 Å². The molecule has 0 radical (unpaired) electrons. The van der Waals surface area contributed by atoms with Gasteiger partial charge in [0, 0.05) is 50.1 Å². The molecule has 1 aromatic heterocycles. The Balaban J connectivity index is 1.55. The predicted molar refractivity (Wildman–Crippen MR) is 138 cm³/mol. The monoisotopic (exact) mass is 537 g/mol. The van der Waals surface area contributed by atoms with Crippen LogP contribution in [-0.4, -0.2) is 78.2 Å². The first-order chi connectivity index (χ1) is 18.5. The third-order valence-corrected chi connectivity index (χ3v) is 5.98. The fourth-order valence-corrected chi connectivity index (χ4v) is 4.04. The van der Waals surface area contributed by atoms with Crippen molar-refractivity contribution in [2.75, 3.05) is 37.5 Å². The van der Waals surface area contributed by atoms with Crippen molar-refractivity contribution in [3.05, 3.63) is 64.1 Å². The fourth-order valence-electron chi connectivity index (χ4n) is 4.04. The maximum atomic E-state index is 13.5. The van der Waals surface area contributed by atoms with Gasteiger partial charge in [-0.3, -0.25) is 28.7 Å². The summed E-state index contributed by atoms with van der Waals surface area (Å²) in [6.45, 7) is 3.16. The average Bonchev–Trinajstić information content (AvgIpc) is 3.34. The highest BCUT2D eigenvalue weighted by molar-refractivity contribution is 6.05. The third kappa shape index (κ3) is 6.04. The molecular weight excluding hydrogens is 510 g/mol. The number of esters is 1. The highest BCUT2D eigenvalue weighted by Gasteiger charge is 2.42. The quantitative estimate of drug-likeness (QED) is 0.423. The van der Waals surface area contributed by atoms with Gasteiger partial charge in [-0.15, -0.1) is 0 Å². The van der Waals surface area contributed by atoms with E-state index in [-0.39, 0.29) is 24.9 Å². The molecule has 2 N–H and O–H groups in total. The molecule has 1 saturated heterocycles. The molecule has 4 rings (SSSR count). The normalized spacial score (nSPS) is 15.9. The van der Waals surface area contributed by atoms with Crippen molar-refractivity contribution >= 4 is 35.1 Å². The molecule has 2 aromatic carbocycles. The number of hydrogen-bond donors (Lipinski definition) is 2. The molecule has 1 aliphatic heterocycles. The van der Waals surface area contributed by atoms with Crippen LogP contribution in [0.5, 0.6) is 0 Å². The van der Waals surface area contributed by atoms with Crippen molar-refractivity contribution in [1.29, 1.82) is 0 Å². The van der Waals surface area contributed by atoms with Gasteiger partial charge < -0.3 is 24.6 Å². The summed E-state index contributed by atoms with van der Waals surface area (Å²) < 4.78 is 15.4. The van der Waals surface area contributed by atoms with Crippen LogP contribution >= 0.6 is 0 Å². The predicted octanol–water partition coefficient (Wildman–Crippen LogP) is 1.34. The second-order valence-electron chi connectivity index (χ2n) is 9.02. The van der Waals surface area contributed by atoms with E-state index in [9.17, 15) is 24.0 Å². The molecule has 0 bridgehead atoms. The third-order valence-electron chi connectivity index (χ3n) is 5.98. The molecule has 0 aliphatic carbocycles. The topological polar surface area (TPSA) is 164 Å². The van der Waals surface area contributed by atoms with Gasteiger partial charge in [-0.2, -0.15) is 0 Å². The van der Waals surface area contributed by atoms with Crippen molar-refractivity contribution in [1.82, 2.24) is 15.0 Å². The number of H-pyrrole nitrogens is 1. The number of aromatic amines is 1. The fraction of sp³-hybridized carbons (Fsp3) is 0.308. The zero-order chi connectivity index (χ0) is 28.3. The number of nitrogens with zero attached hydrogens (tertiary/aromatic N) is 3. The summed E-state index contributed by atoms with van der Waals surface area (Å²) in [7, 11) is 3.27. The summed E-state index contributed by atoms with van der Waals surface area (Å²) in [6, 6.07) is 11.3. The number of aromatic nitrogens is 2. The maximum absolute atomic E-state index is 13.5. The highest BCUT2D eigenvalue weighted by atomic mass is 16.6. The summed E-state index contributed by atoms with van der Waals surface area (Å²) in [5, 5.41) is 6.21. The Labute approximate surface area is 222 Å². The van der Waals surface area contributed by atoms with Crippen LogP contribution in [0.15, 0.2) is 51.8 Å². The van der Waals surface area contributed by atoms with Crippen LogP contribution in [0.4, 0.5) is 11.4 Å². The lowest BCUT2D eigenvalue weighted by Gasteiger charge is -2.35. The minimum atomic E-state index is -1.59. The van der Waals surface area contributed by atoms with E-state index >= 15 is 0 Å². The highest BCUT2D eigenvalue weighted by Crippen LogP contribution is 2.25. The number of benzene rings is 2. The van der Waals surface area contributed by atoms with Crippen LogP contribution in [0.2, 0.25) is 0 Å². The van der Waals surface area contributed by atoms with E-state index in [0.717, 1.165) is 12.5 Å². The zero-order valence-corrected chi connectivity index (χ0v) is 21.7. The van der Waals surface area contributed by atoms with E-state index in [1.54, 1.807) is 51.4 Å². The van der Waals surface area contributed by atoms with E-state index in [2.05, 4.69) is 20.0 Å². The lowest BCUT2D eigenvalue weighted by atomic mass is 10.0. The van der Waals surface area contributed by atoms with Crippen LogP contribution in [-0.2, 0) is 23.9 Å². The molecule has 13 heteroatoms. The van der Waals surface area contributed by atoms with Gasteiger partial charge in [0.2, 0.25) is 6.10 Å². The molecule has 1 fully saturated rings. The Morgan fingerprint density at radius 2 is 1.87 bits per heavy atom. The van der Waals surface area contributed by atoms with Crippen molar-refractivity contribution < 1.29 is 33.2 Å². The Bertz CT molecular complexity index is 1460. The Kier molecular flexibility index (Phi) is 7.91. The molecular formula is C26H27N5O8. The van der Waals surface area contributed by atoms with Crippen LogP contribution in [0.3, 0.4) is 0 Å². The van der Waals surface area contributed by atoms with E-state index in [4.69, 9.17) is 9.47 Å². The lowest BCUT2D eigenvalue weighted by molar-refractivity contribution is -0.167. The summed E-state index contributed by atoms with van der Waals surface area (Å²) in [6.07, 6.45) is -3.01. The molecule has 0 saturated carbocycles. The Morgan fingerprint density at radius 1 is 1.15 bits per heavy atom. The van der Waals surface area contributed by atoms with E-state index in [0.29, 0.717) is 22.5 Å². The number of ether oxygens (including phenoxy) is 2. The molecule has 2 atom stereocenters. The number of hydrogen-bond acceptors (Lipinski definition) is 9. The number of nitrogens with one attached hydrogen (secondary N) is 2. The molecule has 0 unspecified atom stereocenters. The number of rotatable bonds is 7. The first kappa shape index (κ1) is 27.3. The lowest BCUT2D eigenvalue weighted by Crippen LogP contribution is -2.56. The zero-order valence-electron chi connectivity index (χ0n) is 21.7. The smallest absolute Gasteiger partial charge is 0.439 e. The second kappa shape index (κ2) is 11.3. The minimum absolute atomic E-state index is 0.0664. The number of morpholine rings is 1. The van der Waals surface area contributed by atoms with Gasteiger partial charge in [0.05, 0.1) is 6.61 Å². The van der Waals surface area contributed by atoms with Crippen LogP contribution < -0.4 is 16.0 Å². The van der Waals surface area contributed by atoms with Crippen molar-refractivity contribution in [2.24, 2.45) is 0 Å². The van der Waals surface area contributed by atoms with Gasteiger partial charge in [0.15, 0.2) is 11.9 Å².